The van der Waals surface area contributed by atoms with Crippen molar-refractivity contribution in [1.29, 1.82) is 0 Å². The van der Waals surface area contributed by atoms with Gasteiger partial charge in [-0.3, -0.25) is 0 Å². The molecule has 1 aromatic carbocycles. The van der Waals surface area contributed by atoms with E-state index in [1.165, 1.54) is 18.2 Å². The van der Waals surface area contributed by atoms with Crippen molar-refractivity contribution in [3.05, 3.63) is 23.8 Å². The first-order valence-corrected chi connectivity index (χ1v) is 5.52. The summed E-state index contributed by atoms with van der Waals surface area (Å²) in [5.74, 6) is 0. The van der Waals surface area contributed by atoms with E-state index in [4.69, 9.17) is 5.73 Å². The van der Waals surface area contributed by atoms with Crippen LogP contribution in [0.25, 0.3) is 0 Å². The van der Waals surface area contributed by atoms with Crippen LogP contribution in [0.1, 0.15) is 32.3 Å². The Kier molecular flexibility index (Phi) is 4.69. The lowest BCUT2D eigenvalue weighted by atomic mass is 10.1. The molecule has 0 bridgehead atoms. The second-order valence-corrected chi connectivity index (χ2v) is 4.28. The molecule has 0 aromatic heterocycles. The van der Waals surface area contributed by atoms with E-state index in [1.54, 1.807) is 6.92 Å². The maximum absolute atomic E-state index is 12.4. The fourth-order valence-electron chi connectivity index (χ4n) is 1.68. The minimum Gasteiger partial charge on any atom is -0.397 e. The van der Waals surface area contributed by atoms with Crippen molar-refractivity contribution >= 4 is 11.4 Å². The van der Waals surface area contributed by atoms with Crippen LogP contribution in [0.2, 0.25) is 0 Å². The van der Waals surface area contributed by atoms with Gasteiger partial charge in [-0.15, -0.1) is 0 Å². The number of nitrogens with two attached hydrogens (primary N) is 1. The second kappa shape index (κ2) is 5.82. The zero-order chi connectivity index (χ0) is 13.0. The van der Waals surface area contributed by atoms with Crippen LogP contribution >= 0.6 is 0 Å². The minimum atomic E-state index is -2.51. The molecule has 0 saturated heterocycles. The first-order chi connectivity index (χ1) is 7.90. The van der Waals surface area contributed by atoms with Crippen molar-refractivity contribution in [2.75, 3.05) is 11.1 Å². The highest BCUT2D eigenvalue weighted by atomic mass is 19.3. The average molecular weight is 244 g/mol. The smallest absolute Gasteiger partial charge is 0.263 e. The van der Waals surface area contributed by atoms with Crippen LogP contribution in [-0.2, 0) is 0 Å². The van der Waals surface area contributed by atoms with Crippen molar-refractivity contribution in [3.63, 3.8) is 0 Å². The lowest BCUT2D eigenvalue weighted by Gasteiger charge is -2.18. The fourth-order valence-corrected chi connectivity index (χ4v) is 1.68. The molecule has 0 saturated carbocycles. The third-order valence-corrected chi connectivity index (χ3v) is 2.42. The lowest BCUT2D eigenvalue weighted by Crippen LogP contribution is -2.21. The topological polar surface area (TPSA) is 58.3 Å². The summed E-state index contributed by atoms with van der Waals surface area (Å²) in [5, 5.41) is 12.3. The molecule has 96 valence electrons. The summed E-state index contributed by atoms with van der Waals surface area (Å²) < 4.78 is 24.8. The largest absolute Gasteiger partial charge is 0.397 e. The first kappa shape index (κ1) is 13.7. The number of aliphatic hydroxyl groups excluding tert-OH is 1. The molecule has 0 aliphatic carbocycles. The average Bonchev–Trinajstić information content (AvgIpc) is 2.19. The quantitative estimate of drug-likeness (QED) is 0.698. The number of hydrogen-bond donors (Lipinski definition) is 3. The van der Waals surface area contributed by atoms with Crippen molar-refractivity contribution in [2.45, 2.75) is 38.8 Å². The van der Waals surface area contributed by atoms with E-state index in [0.717, 1.165) is 0 Å². The zero-order valence-electron chi connectivity index (χ0n) is 9.95. The standard InChI is InChI=1S/C12H18F2N2O/c1-7(5-8(2)17)16-11-4-3-9(12(13)14)6-10(11)15/h3-4,6-8,12,16-17H,5,15H2,1-2H3. The first-order valence-electron chi connectivity index (χ1n) is 5.52. The van der Waals surface area contributed by atoms with Gasteiger partial charge in [-0.1, -0.05) is 6.07 Å². The highest BCUT2D eigenvalue weighted by Crippen LogP contribution is 2.26. The molecule has 1 aromatic rings. The van der Waals surface area contributed by atoms with Gasteiger partial charge in [0.2, 0.25) is 0 Å². The molecular formula is C12H18F2N2O. The van der Waals surface area contributed by atoms with Crippen LogP contribution in [-0.4, -0.2) is 17.3 Å². The fraction of sp³-hybridized carbons (Fsp3) is 0.500. The zero-order valence-corrected chi connectivity index (χ0v) is 9.95. The van der Waals surface area contributed by atoms with Gasteiger partial charge in [-0.05, 0) is 32.4 Å². The summed E-state index contributed by atoms with van der Waals surface area (Å²) in [7, 11) is 0. The van der Waals surface area contributed by atoms with E-state index < -0.39 is 12.5 Å². The Morgan fingerprint density at radius 2 is 2.00 bits per heavy atom. The third kappa shape index (κ3) is 4.19. The maximum atomic E-state index is 12.4. The monoisotopic (exact) mass is 244 g/mol. The van der Waals surface area contributed by atoms with Gasteiger partial charge in [0.25, 0.3) is 6.43 Å². The van der Waals surface area contributed by atoms with Crippen LogP contribution in [0.3, 0.4) is 0 Å². The molecule has 0 amide bonds. The van der Waals surface area contributed by atoms with Crippen LogP contribution in [0.5, 0.6) is 0 Å². The summed E-state index contributed by atoms with van der Waals surface area (Å²) >= 11 is 0. The summed E-state index contributed by atoms with van der Waals surface area (Å²) in [6.07, 6.45) is -2.36. The maximum Gasteiger partial charge on any atom is 0.263 e. The van der Waals surface area contributed by atoms with Gasteiger partial charge >= 0.3 is 0 Å². The summed E-state index contributed by atoms with van der Waals surface area (Å²) in [4.78, 5) is 0. The Balaban J connectivity index is 2.72. The van der Waals surface area contributed by atoms with E-state index in [2.05, 4.69) is 5.32 Å². The van der Waals surface area contributed by atoms with Gasteiger partial charge in [0.15, 0.2) is 0 Å². The normalized spacial score (nSPS) is 14.7. The van der Waals surface area contributed by atoms with Crippen molar-refractivity contribution in [2.24, 2.45) is 0 Å². The summed E-state index contributed by atoms with van der Waals surface area (Å²) in [6, 6.07) is 4.17. The Hall–Kier alpha value is -1.36. The SMILES string of the molecule is CC(O)CC(C)Nc1ccc(C(F)F)cc1N. The number of benzene rings is 1. The molecular weight excluding hydrogens is 226 g/mol. The predicted octanol–water partition coefficient (Wildman–Crippen LogP) is 2.78. The van der Waals surface area contributed by atoms with Gasteiger partial charge in [0, 0.05) is 11.6 Å². The number of hydrogen-bond acceptors (Lipinski definition) is 3. The molecule has 0 aliphatic heterocycles. The number of alkyl halides is 2. The highest BCUT2D eigenvalue weighted by molar-refractivity contribution is 5.67. The molecule has 1 rings (SSSR count). The minimum absolute atomic E-state index is 0.0229. The molecule has 3 nitrogen and oxygen atoms in total. The van der Waals surface area contributed by atoms with Crippen LogP contribution in [0.15, 0.2) is 18.2 Å². The van der Waals surface area contributed by atoms with Crippen LogP contribution < -0.4 is 11.1 Å². The molecule has 0 spiro atoms. The number of halogens is 2. The molecule has 2 atom stereocenters. The predicted molar refractivity (Wildman–Crippen MR) is 65.2 cm³/mol. The third-order valence-electron chi connectivity index (χ3n) is 2.42. The van der Waals surface area contributed by atoms with Crippen LogP contribution in [0, 0.1) is 0 Å². The number of nitrogen functional groups attached to an aromatic ring is 1. The second-order valence-electron chi connectivity index (χ2n) is 4.28. The van der Waals surface area contributed by atoms with Gasteiger partial charge in [0.1, 0.15) is 0 Å². The van der Waals surface area contributed by atoms with Gasteiger partial charge < -0.3 is 16.2 Å². The molecule has 5 heteroatoms. The highest BCUT2D eigenvalue weighted by Gasteiger charge is 2.11. The van der Waals surface area contributed by atoms with E-state index in [1.807, 2.05) is 6.92 Å². The summed E-state index contributed by atoms with van der Waals surface area (Å²) in [6.45, 7) is 3.59. The van der Waals surface area contributed by atoms with Gasteiger partial charge in [-0.2, -0.15) is 0 Å². The molecule has 0 fully saturated rings. The van der Waals surface area contributed by atoms with E-state index in [0.29, 0.717) is 17.8 Å². The number of anilines is 2. The summed E-state index contributed by atoms with van der Waals surface area (Å²) in [5.41, 5.74) is 6.50. The van der Waals surface area contributed by atoms with Crippen molar-refractivity contribution in [3.8, 4) is 0 Å². The molecule has 0 radical (unpaired) electrons. The van der Waals surface area contributed by atoms with Gasteiger partial charge in [-0.25, -0.2) is 8.78 Å². The molecule has 0 heterocycles. The van der Waals surface area contributed by atoms with E-state index in [9.17, 15) is 13.9 Å². The van der Waals surface area contributed by atoms with Crippen molar-refractivity contribution < 1.29 is 13.9 Å². The Morgan fingerprint density at radius 1 is 1.35 bits per heavy atom. The van der Waals surface area contributed by atoms with Gasteiger partial charge in [0.05, 0.1) is 17.5 Å². The molecule has 2 unspecified atom stereocenters. The van der Waals surface area contributed by atoms with E-state index >= 15 is 0 Å². The van der Waals surface area contributed by atoms with Crippen molar-refractivity contribution in [1.82, 2.24) is 0 Å². The van der Waals surface area contributed by atoms with Crippen LogP contribution in [0.4, 0.5) is 20.2 Å². The lowest BCUT2D eigenvalue weighted by molar-refractivity contribution is 0.151. The Labute approximate surface area is 99.6 Å². The molecule has 17 heavy (non-hydrogen) atoms. The molecule has 4 N–H and O–H groups in total. The number of nitrogens with one attached hydrogen (secondary N) is 1. The number of rotatable bonds is 5. The Morgan fingerprint density at radius 3 is 2.47 bits per heavy atom. The number of aliphatic hydroxyl groups is 1. The van der Waals surface area contributed by atoms with E-state index in [-0.39, 0.29) is 11.6 Å². The Bertz CT molecular complexity index is 370. The molecule has 0 aliphatic rings.